The van der Waals surface area contributed by atoms with E-state index in [9.17, 15) is 31.9 Å². The van der Waals surface area contributed by atoms with E-state index in [-0.39, 0.29) is 30.9 Å². The minimum absolute atomic E-state index is 0. The van der Waals surface area contributed by atoms with E-state index in [0.717, 1.165) is 35.7 Å². The molecule has 3 aromatic carbocycles. The number of aryl methyl sites for hydroxylation is 1. The van der Waals surface area contributed by atoms with E-state index in [0.29, 0.717) is 38.0 Å². The molecule has 0 saturated heterocycles. The van der Waals surface area contributed by atoms with E-state index in [1.165, 1.54) is 0 Å². The van der Waals surface area contributed by atoms with Gasteiger partial charge in [0.1, 0.15) is 23.4 Å². The first-order chi connectivity index (χ1) is 23.4. The van der Waals surface area contributed by atoms with Crippen molar-refractivity contribution >= 4 is 34.1 Å². The third-order valence-electron chi connectivity index (χ3n) is 8.15. The van der Waals surface area contributed by atoms with Crippen LogP contribution in [0.5, 0.6) is 5.75 Å². The normalized spacial score (nSPS) is 13.2. The van der Waals surface area contributed by atoms with Gasteiger partial charge in [0, 0.05) is 19.2 Å². The lowest BCUT2D eigenvalue weighted by Gasteiger charge is -2.28. The van der Waals surface area contributed by atoms with Crippen LogP contribution >= 0.6 is 12.4 Å². The van der Waals surface area contributed by atoms with Crippen LogP contribution in [0.25, 0.3) is 0 Å². The summed E-state index contributed by atoms with van der Waals surface area (Å²) in [6.07, 6.45) is 1.46. The summed E-state index contributed by atoms with van der Waals surface area (Å²) in [5.41, 5.74) is 2.31. The van der Waals surface area contributed by atoms with Crippen LogP contribution in [0.2, 0.25) is 0 Å². The molecule has 0 aliphatic rings. The van der Waals surface area contributed by atoms with Crippen LogP contribution in [0.15, 0.2) is 72.8 Å². The molecular formula is C37H50ClF2N3O6S. The highest BCUT2D eigenvalue weighted by atomic mass is 35.5. The van der Waals surface area contributed by atoms with Crippen LogP contribution in [0.3, 0.4) is 0 Å². The Morgan fingerprint density at radius 3 is 2.10 bits per heavy atom. The third kappa shape index (κ3) is 14.3. The average molecular weight is 738 g/mol. The summed E-state index contributed by atoms with van der Waals surface area (Å²) in [7, 11) is -3.87. The second-order valence-corrected chi connectivity index (χ2v) is 14.5. The van der Waals surface area contributed by atoms with Gasteiger partial charge in [0.2, 0.25) is 5.91 Å². The maximum absolute atomic E-state index is 14.1. The van der Waals surface area contributed by atoms with E-state index in [1.54, 1.807) is 30.3 Å². The smallest absolute Gasteiger partial charge is 0.258 e. The lowest BCUT2D eigenvalue weighted by atomic mass is 10.00. The van der Waals surface area contributed by atoms with Gasteiger partial charge in [-0.3, -0.25) is 9.59 Å². The average Bonchev–Trinajstić information content (AvgIpc) is 3.06. The van der Waals surface area contributed by atoms with Gasteiger partial charge in [-0.05, 0) is 66.6 Å². The Kier molecular flexibility index (Phi) is 18.4. The van der Waals surface area contributed by atoms with Crippen LogP contribution in [-0.4, -0.2) is 67.7 Å². The molecule has 0 aliphatic carbocycles. The Bertz CT molecular complexity index is 1570. The number of carbonyl (C=O) groups excluding carboxylic acids is 2. The van der Waals surface area contributed by atoms with Gasteiger partial charge in [-0.2, -0.15) is 0 Å². The van der Waals surface area contributed by atoms with Gasteiger partial charge in [0.25, 0.3) is 5.91 Å². The van der Waals surface area contributed by atoms with Crippen LogP contribution in [0.4, 0.5) is 8.78 Å². The number of amides is 2. The van der Waals surface area contributed by atoms with Crippen molar-refractivity contribution in [2.45, 2.75) is 89.3 Å². The molecule has 0 aromatic heterocycles. The molecule has 50 heavy (non-hydrogen) atoms. The van der Waals surface area contributed by atoms with Crippen molar-refractivity contribution in [3.8, 4) is 5.75 Å². The van der Waals surface area contributed by atoms with Gasteiger partial charge >= 0.3 is 0 Å². The number of halogens is 3. The lowest BCUT2D eigenvalue weighted by molar-refractivity contribution is -0.130. The van der Waals surface area contributed by atoms with E-state index < -0.39 is 69.1 Å². The molecule has 3 aromatic rings. The largest absolute Gasteiger partial charge is 0.484 e. The number of hydrogen-bond donors (Lipinski definition) is 4. The van der Waals surface area contributed by atoms with Crippen molar-refractivity contribution in [3.63, 3.8) is 0 Å². The summed E-state index contributed by atoms with van der Waals surface area (Å²) in [5.74, 6) is -3.49. The van der Waals surface area contributed by atoms with Gasteiger partial charge < -0.3 is 25.8 Å². The Hall–Kier alpha value is -3.58. The molecule has 0 aliphatic heterocycles. The Morgan fingerprint density at radius 1 is 0.840 bits per heavy atom. The second kappa shape index (κ2) is 21.6. The summed E-state index contributed by atoms with van der Waals surface area (Å²) in [4.78, 5) is 26.9. The number of aliphatic hydroxyl groups excluding tert-OH is 1. The summed E-state index contributed by atoms with van der Waals surface area (Å²) >= 11 is 0. The summed E-state index contributed by atoms with van der Waals surface area (Å²) in [6.45, 7) is 5.73. The number of hydrogen-bond acceptors (Lipinski definition) is 7. The molecule has 1 unspecified atom stereocenters. The van der Waals surface area contributed by atoms with E-state index >= 15 is 0 Å². The molecule has 4 N–H and O–H groups in total. The predicted molar refractivity (Wildman–Crippen MR) is 194 cm³/mol. The minimum Gasteiger partial charge on any atom is -0.484 e. The molecule has 0 spiro atoms. The van der Waals surface area contributed by atoms with Crippen molar-refractivity contribution in [2.24, 2.45) is 0 Å². The lowest BCUT2D eigenvalue weighted by Crippen LogP contribution is -2.57. The molecule has 0 bridgehead atoms. The zero-order valence-electron chi connectivity index (χ0n) is 28.9. The van der Waals surface area contributed by atoms with Gasteiger partial charge in [0.05, 0.1) is 23.1 Å². The van der Waals surface area contributed by atoms with Crippen molar-refractivity contribution in [3.05, 3.63) is 101 Å². The van der Waals surface area contributed by atoms with Crippen LogP contribution in [0, 0.1) is 11.6 Å². The monoisotopic (exact) mass is 737 g/mol. The number of para-hydroxylation sites is 1. The van der Waals surface area contributed by atoms with E-state index in [1.807, 2.05) is 45.0 Å². The molecule has 3 rings (SSSR count). The summed E-state index contributed by atoms with van der Waals surface area (Å²) < 4.78 is 60.9. The first kappa shape index (κ1) is 42.6. The molecule has 276 valence electrons. The highest BCUT2D eigenvalue weighted by Gasteiger charge is 2.34. The van der Waals surface area contributed by atoms with Gasteiger partial charge in [-0.15, -0.1) is 12.4 Å². The van der Waals surface area contributed by atoms with Crippen LogP contribution in [0.1, 0.15) is 63.1 Å². The number of sulfone groups is 1. The molecule has 13 heteroatoms. The topological polar surface area (TPSA) is 134 Å². The van der Waals surface area contributed by atoms with Crippen molar-refractivity contribution < 1.29 is 36.6 Å². The molecule has 9 nitrogen and oxygen atoms in total. The summed E-state index contributed by atoms with van der Waals surface area (Å²) in [6, 6.07) is 16.7. The summed E-state index contributed by atoms with van der Waals surface area (Å²) in [5, 5.41) is 18.9. The molecule has 0 saturated carbocycles. The molecule has 2 amide bonds. The molecule has 0 radical (unpaired) electrons. The molecule has 0 heterocycles. The number of carbonyl (C=O) groups is 2. The first-order valence-electron chi connectivity index (χ1n) is 16.8. The quantitative estimate of drug-likeness (QED) is 0.120. The Labute approximate surface area is 300 Å². The second-order valence-electron chi connectivity index (χ2n) is 12.2. The van der Waals surface area contributed by atoms with E-state index in [4.69, 9.17) is 4.74 Å². The zero-order chi connectivity index (χ0) is 35.8. The highest BCUT2D eigenvalue weighted by molar-refractivity contribution is 7.92. The standard InChI is InChI=1S/C37H49F2N3O6S.ClH/c1-4-11-32(12-5-2)49(46,47)25-34(41-36(44)24-48-31-15-8-7-9-16-31)37(45)42-33(20-28-18-29(38)21-30(39)19-28)35(43)23-40-22-27-14-10-13-26(6-3)17-27;/h7-10,13-19,21,32-35,40,43H,4-6,11-12,20,22-25H2,1-3H3,(H,41,44)(H,42,45);1H/t33-,34?,35+;/m0./s1. The van der Waals surface area contributed by atoms with Crippen molar-refractivity contribution in [1.82, 2.24) is 16.0 Å². The third-order valence-corrected chi connectivity index (χ3v) is 10.4. The van der Waals surface area contributed by atoms with Gasteiger partial charge in [0.15, 0.2) is 16.4 Å². The number of benzene rings is 3. The Morgan fingerprint density at radius 2 is 1.48 bits per heavy atom. The maximum Gasteiger partial charge on any atom is 0.258 e. The fourth-order valence-corrected chi connectivity index (χ4v) is 7.78. The number of aliphatic hydroxyl groups is 1. The van der Waals surface area contributed by atoms with Crippen LogP contribution < -0.4 is 20.7 Å². The fraction of sp³-hybridized carbons (Fsp3) is 0.459. The van der Waals surface area contributed by atoms with Gasteiger partial charge in [-0.25, -0.2) is 17.2 Å². The minimum atomic E-state index is -3.87. The number of rotatable bonds is 21. The van der Waals surface area contributed by atoms with Gasteiger partial charge in [-0.1, -0.05) is 76.1 Å². The Balaban J connectivity index is 0.00000867. The van der Waals surface area contributed by atoms with Crippen molar-refractivity contribution in [1.29, 1.82) is 0 Å². The van der Waals surface area contributed by atoms with Crippen molar-refractivity contribution in [2.75, 3.05) is 18.9 Å². The van der Waals surface area contributed by atoms with Crippen LogP contribution in [-0.2, 0) is 38.8 Å². The molecule has 0 fully saturated rings. The zero-order valence-corrected chi connectivity index (χ0v) is 30.5. The number of nitrogens with one attached hydrogen (secondary N) is 3. The molecular weight excluding hydrogens is 688 g/mol. The highest BCUT2D eigenvalue weighted by Crippen LogP contribution is 2.18. The predicted octanol–water partition coefficient (Wildman–Crippen LogP) is 5.07. The fourth-order valence-electron chi connectivity index (χ4n) is 5.62. The number of ether oxygens (including phenoxy) is 1. The first-order valence-corrected chi connectivity index (χ1v) is 18.6. The SMILES string of the molecule is CCCC(CCC)S(=O)(=O)CC(NC(=O)COc1ccccc1)C(=O)N[C@@H](Cc1cc(F)cc(F)c1)[C@H](O)CNCc1cccc(CC)c1.Cl. The molecule has 3 atom stereocenters. The maximum atomic E-state index is 14.1. The van der Waals surface area contributed by atoms with E-state index in [2.05, 4.69) is 16.0 Å².